The minimum absolute atomic E-state index is 0.226. The van der Waals surface area contributed by atoms with Gasteiger partial charge in [0.25, 0.3) is 0 Å². The summed E-state index contributed by atoms with van der Waals surface area (Å²) in [5.74, 6) is -1.06. The molecular formula is C11H22N4O4. The van der Waals surface area contributed by atoms with Crippen molar-refractivity contribution in [2.75, 3.05) is 27.2 Å². The molecule has 8 heteroatoms. The van der Waals surface area contributed by atoms with Gasteiger partial charge in [-0.3, -0.25) is 0 Å². The number of hydrogen-bond donors (Lipinski definition) is 4. The van der Waals surface area contributed by atoms with E-state index in [0.29, 0.717) is 12.8 Å². The predicted octanol–water partition coefficient (Wildman–Crippen LogP) is -0.190. The standard InChI is InChI=1S/C11H22N4O4/c1-4-5-8(9(16)17)14-10(18)12-6-7-13-11(19)15(2)3/h8H,4-7H2,1-3H3,(H,13,19)(H,16,17)(H2,12,14,18). The molecule has 0 aromatic carbocycles. The van der Waals surface area contributed by atoms with Crippen LogP contribution >= 0.6 is 0 Å². The van der Waals surface area contributed by atoms with Gasteiger partial charge in [-0.25, -0.2) is 14.4 Å². The summed E-state index contributed by atoms with van der Waals surface area (Å²) in [4.78, 5) is 34.7. The molecular weight excluding hydrogens is 252 g/mol. The van der Waals surface area contributed by atoms with Gasteiger partial charge in [0, 0.05) is 27.2 Å². The Morgan fingerprint density at radius 3 is 2.21 bits per heavy atom. The van der Waals surface area contributed by atoms with Gasteiger partial charge < -0.3 is 26.0 Å². The fourth-order valence-electron chi connectivity index (χ4n) is 1.26. The second-order valence-corrected chi connectivity index (χ2v) is 4.21. The van der Waals surface area contributed by atoms with E-state index in [0.717, 1.165) is 0 Å². The van der Waals surface area contributed by atoms with Gasteiger partial charge in [0.1, 0.15) is 6.04 Å². The van der Waals surface area contributed by atoms with Gasteiger partial charge in [0.05, 0.1) is 0 Å². The number of urea groups is 2. The average Bonchev–Trinajstić information content (AvgIpc) is 2.33. The molecule has 4 amide bonds. The summed E-state index contributed by atoms with van der Waals surface area (Å²) >= 11 is 0. The molecule has 8 nitrogen and oxygen atoms in total. The van der Waals surface area contributed by atoms with E-state index in [-0.39, 0.29) is 19.1 Å². The Bertz CT molecular complexity index is 320. The number of carboxylic acids is 1. The molecule has 0 saturated carbocycles. The summed E-state index contributed by atoms with van der Waals surface area (Å²) in [5.41, 5.74) is 0. The van der Waals surface area contributed by atoms with E-state index in [1.165, 1.54) is 4.90 Å². The van der Waals surface area contributed by atoms with Gasteiger partial charge >= 0.3 is 18.0 Å². The largest absolute Gasteiger partial charge is 0.480 e. The van der Waals surface area contributed by atoms with E-state index in [9.17, 15) is 14.4 Å². The number of carbonyl (C=O) groups is 3. The lowest BCUT2D eigenvalue weighted by Crippen LogP contribution is -2.48. The van der Waals surface area contributed by atoms with Crippen LogP contribution in [-0.4, -0.2) is 61.3 Å². The molecule has 0 aliphatic carbocycles. The molecule has 0 aliphatic rings. The molecule has 19 heavy (non-hydrogen) atoms. The van der Waals surface area contributed by atoms with Crippen molar-refractivity contribution in [2.45, 2.75) is 25.8 Å². The SMILES string of the molecule is CCCC(NC(=O)NCCNC(=O)N(C)C)C(=O)O. The van der Waals surface area contributed by atoms with E-state index < -0.39 is 18.0 Å². The third kappa shape index (κ3) is 7.85. The fraction of sp³-hybridized carbons (Fsp3) is 0.727. The molecule has 0 aromatic rings. The lowest BCUT2D eigenvalue weighted by Gasteiger charge is -2.15. The second-order valence-electron chi connectivity index (χ2n) is 4.21. The maximum Gasteiger partial charge on any atom is 0.326 e. The highest BCUT2D eigenvalue weighted by Crippen LogP contribution is 1.96. The molecule has 0 rings (SSSR count). The molecule has 0 heterocycles. The van der Waals surface area contributed by atoms with Crippen LogP contribution in [0.3, 0.4) is 0 Å². The van der Waals surface area contributed by atoms with E-state index in [1.807, 2.05) is 6.92 Å². The summed E-state index contributed by atoms with van der Waals surface area (Å²) in [6, 6.07) is -1.70. The molecule has 1 unspecified atom stereocenters. The fourth-order valence-corrected chi connectivity index (χ4v) is 1.26. The van der Waals surface area contributed by atoms with Crippen molar-refractivity contribution < 1.29 is 19.5 Å². The first-order valence-corrected chi connectivity index (χ1v) is 6.10. The van der Waals surface area contributed by atoms with Crippen molar-refractivity contribution in [3.63, 3.8) is 0 Å². The summed E-state index contributed by atoms with van der Waals surface area (Å²) in [6.07, 6.45) is 1.04. The van der Waals surface area contributed by atoms with Crippen molar-refractivity contribution in [1.82, 2.24) is 20.9 Å². The highest BCUT2D eigenvalue weighted by molar-refractivity contribution is 5.82. The number of nitrogens with zero attached hydrogens (tertiary/aromatic N) is 1. The van der Waals surface area contributed by atoms with E-state index in [1.54, 1.807) is 14.1 Å². The molecule has 1 atom stereocenters. The molecule has 0 spiro atoms. The molecule has 0 aromatic heterocycles. The van der Waals surface area contributed by atoms with Gasteiger partial charge in [0.2, 0.25) is 0 Å². The smallest absolute Gasteiger partial charge is 0.326 e. The molecule has 110 valence electrons. The van der Waals surface area contributed by atoms with Crippen LogP contribution in [-0.2, 0) is 4.79 Å². The zero-order chi connectivity index (χ0) is 14.8. The van der Waals surface area contributed by atoms with Crippen LogP contribution in [0, 0.1) is 0 Å². The van der Waals surface area contributed by atoms with Crippen LogP contribution in [0.1, 0.15) is 19.8 Å². The quantitative estimate of drug-likeness (QED) is 0.482. The Morgan fingerprint density at radius 2 is 1.74 bits per heavy atom. The number of hydrogen-bond acceptors (Lipinski definition) is 3. The number of amides is 4. The van der Waals surface area contributed by atoms with Crippen LogP contribution in [0.2, 0.25) is 0 Å². The van der Waals surface area contributed by atoms with Crippen molar-refractivity contribution in [3.8, 4) is 0 Å². The monoisotopic (exact) mass is 274 g/mol. The maximum absolute atomic E-state index is 11.4. The van der Waals surface area contributed by atoms with Gasteiger partial charge in [-0.1, -0.05) is 13.3 Å². The molecule has 0 fully saturated rings. The van der Waals surface area contributed by atoms with E-state index >= 15 is 0 Å². The normalized spacial score (nSPS) is 11.3. The van der Waals surface area contributed by atoms with Crippen LogP contribution in [0.15, 0.2) is 0 Å². The molecule has 0 saturated heterocycles. The van der Waals surface area contributed by atoms with Crippen molar-refractivity contribution >= 4 is 18.0 Å². The number of nitrogens with one attached hydrogen (secondary N) is 3. The van der Waals surface area contributed by atoms with Crippen molar-refractivity contribution in [2.24, 2.45) is 0 Å². The summed E-state index contributed by atoms with van der Waals surface area (Å²) < 4.78 is 0. The first kappa shape index (κ1) is 17.0. The van der Waals surface area contributed by atoms with Crippen molar-refractivity contribution in [1.29, 1.82) is 0 Å². The van der Waals surface area contributed by atoms with Gasteiger partial charge in [-0.2, -0.15) is 0 Å². The van der Waals surface area contributed by atoms with Crippen LogP contribution < -0.4 is 16.0 Å². The topological polar surface area (TPSA) is 111 Å². The number of carboxylic acid groups (broad SMARTS) is 1. The Morgan fingerprint density at radius 1 is 1.16 bits per heavy atom. The highest BCUT2D eigenvalue weighted by atomic mass is 16.4. The van der Waals surface area contributed by atoms with Gasteiger partial charge in [0.15, 0.2) is 0 Å². The Labute approximate surface area is 112 Å². The molecule has 0 bridgehead atoms. The van der Waals surface area contributed by atoms with Crippen LogP contribution in [0.5, 0.6) is 0 Å². The van der Waals surface area contributed by atoms with Crippen LogP contribution in [0.25, 0.3) is 0 Å². The predicted molar refractivity (Wildman–Crippen MR) is 70.0 cm³/mol. The first-order chi connectivity index (χ1) is 8.88. The summed E-state index contributed by atoms with van der Waals surface area (Å²) in [7, 11) is 3.22. The zero-order valence-corrected chi connectivity index (χ0v) is 11.5. The Balaban J connectivity index is 3.86. The van der Waals surface area contributed by atoms with E-state index in [2.05, 4.69) is 16.0 Å². The highest BCUT2D eigenvalue weighted by Gasteiger charge is 2.18. The lowest BCUT2D eigenvalue weighted by atomic mass is 10.2. The minimum Gasteiger partial charge on any atom is -0.480 e. The first-order valence-electron chi connectivity index (χ1n) is 6.10. The Kier molecular flexibility index (Phi) is 8.07. The summed E-state index contributed by atoms with van der Waals surface area (Å²) in [6.45, 7) is 2.34. The third-order valence-corrected chi connectivity index (χ3v) is 2.27. The second kappa shape index (κ2) is 9.01. The average molecular weight is 274 g/mol. The van der Waals surface area contributed by atoms with Gasteiger partial charge in [-0.05, 0) is 6.42 Å². The molecule has 0 radical (unpaired) electrons. The number of carbonyl (C=O) groups excluding carboxylic acids is 2. The Hall–Kier alpha value is -1.99. The third-order valence-electron chi connectivity index (χ3n) is 2.27. The lowest BCUT2D eigenvalue weighted by molar-refractivity contribution is -0.139. The molecule has 0 aliphatic heterocycles. The van der Waals surface area contributed by atoms with E-state index in [4.69, 9.17) is 5.11 Å². The molecule has 4 N–H and O–H groups in total. The zero-order valence-electron chi connectivity index (χ0n) is 11.5. The van der Waals surface area contributed by atoms with Crippen molar-refractivity contribution in [3.05, 3.63) is 0 Å². The number of aliphatic carboxylic acids is 1. The minimum atomic E-state index is -1.06. The van der Waals surface area contributed by atoms with Crippen LogP contribution in [0.4, 0.5) is 9.59 Å². The maximum atomic E-state index is 11.4. The summed E-state index contributed by atoms with van der Waals surface area (Å²) in [5, 5.41) is 16.3. The number of rotatable bonds is 7. The van der Waals surface area contributed by atoms with Gasteiger partial charge in [-0.15, -0.1) is 0 Å².